The van der Waals surface area contributed by atoms with Gasteiger partial charge in [0.25, 0.3) is 0 Å². The summed E-state index contributed by atoms with van der Waals surface area (Å²) in [5.74, 6) is 0. The number of hydrogen-bond donors (Lipinski definition) is 10. The van der Waals surface area contributed by atoms with Gasteiger partial charge >= 0.3 is 0 Å². The molecule has 12 nitrogen and oxygen atoms in total. The van der Waals surface area contributed by atoms with Crippen LogP contribution in [-0.4, -0.2) is 126 Å². The normalized spacial score (nSPS) is 49.2. The summed E-state index contributed by atoms with van der Waals surface area (Å²) < 4.78 is 9.15. The van der Waals surface area contributed by atoms with Crippen molar-refractivity contribution in [1.82, 2.24) is 0 Å². The van der Waals surface area contributed by atoms with Gasteiger partial charge in [0.1, 0.15) is 48.8 Å². The molecule has 0 bridgehead atoms. The van der Waals surface area contributed by atoms with Gasteiger partial charge in [-0.25, -0.2) is 0 Å². The first-order valence-corrected chi connectivity index (χ1v) is 7.12. The van der Waals surface area contributed by atoms with Gasteiger partial charge in [-0.3, -0.25) is 0 Å². The zero-order chi connectivity index (χ0) is 18.6. The van der Waals surface area contributed by atoms with Crippen LogP contribution in [0.1, 0.15) is 0 Å². The van der Waals surface area contributed by atoms with Gasteiger partial charge in [-0.05, 0) is 0 Å². The summed E-state index contributed by atoms with van der Waals surface area (Å²) in [4.78, 5) is 0. The summed E-state index contributed by atoms with van der Waals surface area (Å²) >= 11 is 0. The fraction of sp³-hybridized carbons (Fsp3) is 1.00. The molecule has 24 heavy (non-hydrogen) atoms. The summed E-state index contributed by atoms with van der Waals surface area (Å²) in [6, 6.07) is 0. The molecule has 144 valence electrons. The fourth-order valence-electron chi connectivity index (χ4n) is 2.16. The van der Waals surface area contributed by atoms with E-state index in [0.29, 0.717) is 0 Å². The highest BCUT2D eigenvalue weighted by atomic mass is 16.6. The van der Waals surface area contributed by atoms with Crippen molar-refractivity contribution in [2.24, 2.45) is 0 Å². The largest absolute Gasteiger partial charge is 0.394 e. The van der Waals surface area contributed by atoms with Crippen LogP contribution >= 0.6 is 0 Å². The quantitative estimate of drug-likeness (QED) is 0.222. The Hall–Kier alpha value is -0.480. The van der Waals surface area contributed by atoms with Crippen molar-refractivity contribution in [2.45, 2.75) is 61.4 Å². The van der Waals surface area contributed by atoms with Crippen LogP contribution in [-0.2, 0) is 9.47 Å². The van der Waals surface area contributed by atoms with E-state index in [1.165, 1.54) is 0 Å². The molecule has 0 saturated carbocycles. The standard InChI is InChI=1S/2C6H12O6/c2*7-1-2-3(8)4(9)5(10)6(11)12-2/h2*2-11H,1H2/t2-,3-,4+,5-,6+;/m1./s1. The second kappa shape index (κ2) is 9.28. The third-order valence-corrected chi connectivity index (χ3v) is 3.73. The molecule has 5 unspecified atom stereocenters. The predicted octanol–water partition coefficient (Wildman–Crippen LogP) is -6.44. The zero-order valence-electron chi connectivity index (χ0n) is 12.5. The Bertz CT molecular complexity index is 326. The van der Waals surface area contributed by atoms with E-state index < -0.39 is 74.6 Å². The van der Waals surface area contributed by atoms with Crippen LogP contribution in [0.2, 0.25) is 0 Å². The molecule has 0 aromatic rings. The first-order valence-electron chi connectivity index (χ1n) is 7.12. The molecule has 2 fully saturated rings. The smallest absolute Gasteiger partial charge is 0.184 e. The molecule has 0 spiro atoms. The van der Waals surface area contributed by atoms with Crippen LogP contribution in [0.5, 0.6) is 0 Å². The molecule has 2 aliphatic rings. The van der Waals surface area contributed by atoms with Gasteiger partial charge in [0.2, 0.25) is 0 Å². The van der Waals surface area contributed by atoms with Crippen LogP contribution in [0.4, 0.5) is 0 Å². The van der Waals surface area contributed by atoms with Crippen LogP contribution < -0.4 is 0 Å². The van der Waals surface area contributed by atoms with E-state index in [4.69, 9.17) is 51.1 Å². The van der Waals surface area contributed by atoms with Gasteiger partial charge in [0, 0.05) is 0 Å². The van der Waals surface area contributed by atoms with E-state index in [9.17, 15) is 0 Å². The molecule has 12 heteroatoms. The highest BCUT2D eigenvalue weighted by Crippen LogP contribution is 2.19. The van der Waals surface area contributed by atoms with Crippen LogP contribution in [0.15, 0.2) is 0 Å². The van der Waals surface area contributed by atoms with E-state index >= 15 is 0 Å². The lowest BCUT2D eigenvalue weighted by atomic mass is 10.00. The third-order valence-electron chi connectivity index (χ3n) is 3.73. The van der Waals surface area contributed by atoms with E-state index in [-0.39, 0.29) is 0 Å². The van der Waals surface area contributed by atoms with E-state index in [2.05, 4.69) is 9.47 Å². The predicted molar refractivity (Wildman–Crippen MR) is 72.0 cm³/mol. The van der Waals surface area contributed by atoms with Crippen LogP contribution in [0.3, 0.4) is 0 Å². The van der Waals surface area contributed by atoms with E-state index in [0.717, 1.165) is 0 Å². The minimum atomic E-state index is -1.57. The highest BCUT2D eigenvalue weighted by molar-refractivity contribution is 4.88. The Kier molecular flexibility index (Phi) is 8.34. The number of rotatable bonds is 2. The van der Waals surface area contributed by atoms with Crippen molar-refractivity contribution in [3.63, 3.8) is 0 Å². The summed E-state index contributed by atoms with van der Waals surface area (Å²) in [6.45, 7) is -1.05. The second-order valence-corrected chi connectivity index (χ2v) is 5.44. The Morgan fingerprint density at radius 2 is 0.750 bits per heavy atom. The highest BCUT2D eigenvalue weighted by Gasteiger charge is 2.43. The average molecular weight is 360 g/mol. The Morgan fingerprint density at radius 1 is 0.458 bits per heavy atom. The maximum absolute atomic E-state index is 9.12. The molecule has 0 aliphatic carbocycles. The number of ether oxygens (including phenoxy) is 2. The van der Waals surface area contributed by atoms with Gasteiger partial charge in [-0.15, -0.1) is 0 Å². The summed E-state index contributed by atoms with van der Waals surface area (Å²) in [7, 11) is 0. The van der Waals surface area contributed by atoms with Crippen molar-refractivity contribution in [1.29, 1.82) is 0 Å². The number of hydrogen-bond acceptors (Lipinski definition) is 12. The van der Waals surface area contributed by atoms with Gasteiger partial charge in [-0.1, -0.05) is 0 Å². The monoisotopic (exact) mass is 360 g/mol. The van der Waals surface area contributed by atoms with Crippen LogP contribution in [0.25, 0.3) is 0 Å². The molecular formula is C12H24O12. The maximum Gasteiger partial charge on any atom is 0.184 e. The lowest BCUT2D eigenvalue weighted by Gasteiger charge is -2.37. The molecule has 0 aromatic carbocycles. The maximum atomic E-state index is 9.12. The van der Waals surface area contributed by atoms with E-state index in [1.807, 2.05) is 0 Å². The lowest BCUT2D eigenvalue weighted by Crippen LogP contribution is -2.58. The van der Waals surface area contributed by atoms with Crippen LogP contribution in [0, 0.1) is 0 Å². The first-order chi connectivity index (χ1) is 11.1. The van der Waals surface area contributed by atoms with Crippen molar-refractivity contribution in [2.75, 3.05) is 13.2 Å². The molecule has 2 saturated heterocycles. The molecule has 10 atom stereocenters. The summed E-state index contributed by atoms with van der Waals surface area (Å²) in [6.07, 6.45) is -14.1. The number of aliphatic hydroxyl groups is 10. The third kappa shape index (κ3) is 4.78. The molecule has 0 amide bonds. The van der Waals surface area contributed by atoms with Gasteiger partial charge in [0.05, 0.1) is 13.2 Å². The molecule has 10 N–H and O–H groups in total. The molecule has 2 heterocycles. The molecular weight excluding hydrogens is 336 g/mol. The topological polar surface area (TPSA) is 221 Å². The minimum absolute atomic E-state index is 0.526. The zero-order valence-corrected chi connectivity index (χ0v) is 12.5. The Balaban J connectivity index is 0.000000240. The summed E-state index contributed by atoms with van der Waals surface area (Å²) in [5.41, 5.74) is 0. The fourth-order valence-corrected chi connectivity index (χ4v) is 2.16. The van der Waals surface area contributed by atoms with Gasteiger partial charge in [0.15, 0.2) is 12.6 Å². The Morgan fingerprint density at radius 3 is 1.00 bits per heavy atom. The second-order valence-electron chi connectivity index (χ2n) is 5.44. The first kappa shape index (κ1) is 21.6. The van der Waals surface area contributed by atoms with Crippen molar-refractivity contribution < 1.29 is 60.5 Å². The van der Waals surface area contributed by atoms with Gasteiger partial charge < -0.3 is 60.5 Å². The summed E-state index contributed by atoms with van der Waals surface area (Å²) in [5, 5.41) is 89.3. The lowest BCUT2D eigenvalue weighted by molar-refractivity contribution is -0.286. The van der Waals surface area contributed by atoms with Crippen molar-refractivity contribution >= 4 is 0 Å². The van der Waals surface area contributed by atoms with Crippen molar-refractivity contribution in [3.8, 4) is 0 Å². The molecule has 0 radical (unpaired) electrons. The minimum Gasteiger partial charge on any atom is -0.394 e. The van der Waals surface area contributed by atoms with Crippen molar-refractivity contribution in [3.05, 3.63) is 0 Å². The Labute approximate surface area is 136 Å². The van der Waals surface area contributed by atoms with Gasteiger partial charge in [-0.2, -0.15) is 0 Å². The molecule has 0 aromatic heterocycles. The SMILES string of the molecule is OCC1OC(O)C(O)C(O)C1O.OC[C@H]1O[C@H](O)[C@H](O)[C@@H](O)[C@@H]1O. The molecule has 2 aliphatic heterocycles. The number of aliphatic hydroxyl groups excluding tert-OH is 10. The van der Waals surface area contributed by atoms with E-state index in [1.54, 1.807) is 0 Å². The molecule has 2 rings (SSSR count). The average Bonchev–Trinajstić information content (AvgIpc) is 2.58.